The average molecular weight is 396 g/mol. The van der Waals surface area contributed by atoms with Gasteiger partial charge in [0, 0.05) is 24.2 Å². The number of fused-ring (bicyclic) bond motifs is 7. The lowest BCUT2D eigenvalue weighted by Gasteiger charge is -2.47. The molecule has 4 aliphatic heterocycles. The molecule has 3 saturated carbocycles. The number of nitrogens with zero attached hydrogens (tertiary/aromatic N) is 3. The predicted molar refractivity (Wildman–Crippen MR) is 112 cm³/mol. The summed E-state index contributed by atoms with van der Waals surface area (Å²) in [7, 11) is 2.07. The minimum Gasteiger partial charge on any atom is -0.373 e. The number of hydrogen-bond donors (Lipinski definition) is 2. The molecule has 1 amide bonds. The summed E-state index contributed by atoms with van der Waals surface area (Å²) in [5, 5.41) is 13.9. The molecule has 8 heteroatoms. The SMILES string of the molecule is O=C(NC12CCC(CC1)CC2)C1=NN(C2[B]NCCN=C2)C2C3CCC(CC12)O3. The van der Waals surface area contributed by atoms with Crippen LogP contribution in [-0.2, 0) is 9.53 Å². The van der Waals surface area contributed by atoms with Gasteiger partial charge in [-0.05, 0) is 63.7 Å². The van der Waals surface area contributed by atoms with E-state index in [1.807, 2.05) is 6.21 Å². The third kappa shape index (κ3) is 3.14. The summed E-state index contributed by atoms with van der Waals surface area (Å²) >= 11 is 0. The molecular formula is C21H31BN5O2. The van der Waals surface area contributed by atoms with Crippen molar-refractivity contribution in [3.05, 3.63) is 0 Å². The van der Waals surface area contributed by atoms with Gasteiger partial charge in [-0.1, -0.05) is 0 Å². The summed E-state index contributed by atoms with van der Waals surface area (Å²) in [5.74, 6) is 1.10. The van der Waals surface area contributed by atoms with Crippen LogP contribution in [0.3, 0.4) is 0 Å². The Labute approximate surface area is 173 Å². The smallest absolute Gasteiger partial charge is 0.268 e. The van der Waals surface area contributed by atoms with Crippen LogP contribution < -0.4 is 10.5 Å². The monoisotopic (exact) mass is 396 g/mol. The number of rotatable bonds is 3. The van der Waals surface area contributed by atoms with Gasteiger partial charge in [0.1, 0.15) is 5.71 Å². The highest BCUT2D eigenvalue weighted by atomic mass is 16.5. The van der Waals surface area contributed by atoms with Crippen LogP contribution >= 0.6 is 0 Å². The normalized spacial score (nSPS) is 45.4. The van der Waals surface area contributed by atoms with Crippen molar-refractivity contribution in [2.75, 3.05) is 13.1 Å². The van der Waals surface area contributed by atoms with E-state index in [2.05, 4.69) is 28.0 Å². The highest BCUT2D eigenvalue weighted by molar-refractivity contribution is 6.42. The zero-order chi connectivity index (χ0) is 19.4. The van der Waals surface area contributed by atoms with Crippen molar-refractivity contribution in [3.8, 4) is 0 Å². The standard InChI is InChI=1S/C21H31BN5O2/c28-20(25-21-6-3-13(4-7-21)5-8-21)18-15-11-14-1-2-16(29-14)19(15)27(26-18)17-12-23-9-10-24-22-17/h12-17,19,24H,1-11H2,(H,25,28). The lowest BCUT2D eigenvalue weighted by molar-refractivity contribution is -0.118. The molecule has 3 aliphatic carbocycles. The Balaban J connectivity index is 1.27. The molecule has 0 aromatic heterocycles. The van der Waals surface area contributed by atoms with Crippen LogP contribution in [-0.4, -0.2) is 73.1 Å². The van der Waals surface area contributed by atoms with Crippen molar-refractivity contribution in [2.45, 2.75) is 87.5 Å². The van der Waals surface area contributed by atoms with E-state index in [9.17, 15) is 4.79 Å². The third-order valence-corrected chi connectivity index (χ3v) is 8.27. The van der Waals surface area contributed by atoms with Crippen LogP contribution in [0.4, 0.5) is 0 Å². The van der Waals surface area contributed by atoms with Gasteiger partial charge < -0.3 is 15.3 Å². The second-order valence-corrected chi connectivity index (χ2v) is 9.96. The molecule has 2 N–H and O–H groups in total. The zero-order valence-corrected chi connectivity index (χ0v) is 17.1. The molecule has 0 spiro atoms. The predicted octanol–water partition coefficient (Wildman–Crippen LogP) is 1.05. The maximum absolute atomic E-state index is 13.5. The fraction of sp³-hybridized carbons (Fsp3) is 0.857. The van der Waals surface area contributed by atoms with Gasteiger partial charge in [0.05, 0.1) is 30.7 Å². The van der Waals surface area contributed by atoms with Gasteiger partial charge in [-0.3, -0.25) is 14.8 Å². The molecule has 5 atom stereocenters. The Morgan fingerprint density at radius 3 is 2.90 bits per heavy atom. The van der Waals surface area contributed by atoms with Gasteiger partial charge >= 0.3 is 0 Å². The average Bonchev–Trinajstić information content (AvgIpc) is 3.20. The molecular weight excluding hydrogens is 365 g/mol. The minimum atomic E-state index is -0.0284. The first-order valence-corrected chi connectivity index (χ1v) is 11.6. The molecule has 7 aliphatic rings. The van der Waals surface area contributed by atoms with Crippen LogP contribution in [0.15, 0.2) is 10.1 Å². The zero-order valence-electron chi connectivity index (χ0n) is 17.1. The van der Waals surface area contributed by atoms with Gasteiger partial charge in [0.15, 0.2) is 0 Å². The summed E-state index contributed by atoms with van der Waals surface area (Å²) < 4.78 is 6.26. The van der Waals surface area contributed by atoms with Gasteiger partial charge in [-0.2, -0.15) is 5.10 Å². The van der Waals surface area contributed by atoms with Gasteiger partial charge in [-0.25, -0.2) is 0 Å². The minimum absolute atomic E-state index is 0.0128. The number of nitrogens with one attached hydrogen (secondary N) is 2. The maximum atomic E-state index is 13.5. The molecule has 0 aromatic carbocycles. The Kier molecular flexibility index (Phi) is 4.49. The number of carbonyl (C=O) groups is 1. The molecule has 7 nitrogen and oxygen atoms in total. The molecule has 5 unspecified atom stereocenters. The van der Waals surface area contributed by atoms with E-state index in [0.29, 0.717) is 0 Å². The van der Waals surface area contributed by atoms with Crippen molar-refractivity contribution in [1.82, 2.24) is 15.6 Å². The van der Waals surface area contributed by atoms with E-state index in [4.69, 9.17) is 9.84 Å². The second kappa shape index (κ2) is 7.08. The highest BCUT2D eigenvalue weighted by Gasteiger charge is 2.54. The quantitative estimate of drug-likeness (QED) is 0.700. The van der Waals surface area contributed by atoms with Crippen LogP contribution in [0.2, 0.25) is 0 Å². The number of aliphatic imine (C=N–C) groups is 1. The van der Waals surface area contributed by atoms with Crippen LogP contribution in [0, 0.1) is 11.8 Å². The highest BCUT2D eigenvalue weighted by Crippen LogP contribution is 2.45. The van der Waals surface area contributed by atoms with E-state index >= 15 is 0 Å². The molecule has 7 rings (SSSR count). The van der Waals surface area contributed by atoms with E-state index in [1.54, 1.807) is 0 Å². The molecule has 155 valence electrons. The number of amides is 1. The van der Waals surface area contributed by atoms with E-state index < -0.39 is 0 Å². The van der Waals surface area contributed by atoms with Crippen molar-refractivity contribution in [3.63, 3.8) is 0 Å². The Bertz CT molecular complexity index is 721. The maximum Gasteiger partial charge on any atom is 0.268 e. The first-order valence-electron chi connectivity index (χ1n) is 11.6. The molecule has 4 heterocycles. The third-order valence-electron chi connectivity index (χ3n) is 8.27. The van der Waals surface area contributed by atoms with Crippen molar-refractivity contribution in [2.24, 2.45) is 21.9 Å². The van der Waals surface area contributed by atoms with Crippen molar-refractivity contribution < 1.29 is 9.53 Å². The molecule has 29 heavy (non-hydrogen) atoms. The molecule has 1 radical (unpaired) electrons. The van der Waals surface area contributed by atoms with E-state index in [0.717, 1.165) is 63.2 Å². The summed E-state index contributed by atoms with van der Waals surface area (Å²) in [6, 6.07) is 0.140. The van der Waals surface area contributed by atoms with Crippen LogP contribution in [0.25, 0.3) is 0 Å². The van der Waals surface area contributed by atoms with Gasteiger partial charge in [-0.15, -0.1) is 0 Å². The Hall–Kier alpha value is -1.41. The molecule has 4 bridgehead atoms. The number of hydrogen-bond acceptors (Lipinski definition) is 6. The topological polar surface area (TPSA) is 78.3 Å². The summed E-state index contributed by atoms with van der Waals surface area (Å²) in [5.41, 5.74) is 0.752. The lowest BCUT2D eigenvalue weighted by atomic mass is 9.65. The van der Waals surface area contributed by atoms with Crippen LogP contribution in [0.5, 0.6) is 0 Å². The Morgan fingerprint density at radius 1 is 1.24 bits per heavy atom. The van der Waals surface area contributed by atoms with Crippen molar-refractivity contribution >= 4 is 25.2 Å². The van der Waals surface area contributed by atoms with E-state index in [-0.39, 0.29) is 41.6 Å². The molecule has 2 saturated heterocycles. The summed E-state index contributed by atoms with van der Waals surface area (Å²) in [6.45, 7) is 1.62. The van der Waals surface area contributed by atoms with Gasteiger partial charge in [0.25, 0.3) is 5.91 Å². The molecule has 5 fully saturated rings. The van der Waals surface area contributed by atoms with Gasteiger partial charge in [0.2, 0.25) is 7.41 Å². The lowest BCUT2D eigenvalue weighted by Crippen LogP contribution is -2.57. The number of carbonyl (C=O) groups excluding carboxylic acids is 1. The number of ether oxygens (including phenoxy) is 1. The molecule has 0 aromatic rings. The fourth-order valence-electron chi connectivity index (χ4n) is 6.66. The summed E-state index contributed by atoms with van der Waals surface area (Å²) in [4.78, 5) is 18.0. The first kappa shape index (κ1) is 18.4. The number of hydrazone groups is 1. The van der Waals surface area contributed by atoms with E-state index in [1.165, 1.54) is 19.3 Å². The van der Waals surface area contributed by atoms with Crippen molar-refractivity contribution in [1.29, 1.82) is 0 Å². The fourth-order valence-corrected chi connectivity index (χ4v) is 6.66. The largest absolute Gasteiger partial charge is 0.373 e. The first-order chi connectivity index (χ1) is 14.2. The Morgan fingerprint density at radius 2 is 2.07 bits per heavy atom. The second-order valence-electron chi connectivity index (χ2n) is 9.96. The van der Waals surface area contributed by atoms with Crippen LogP contribution in [0.1, 0.15) is 57.8 Å². The summed E-state index contributed by atoms with van der Waals surface area (Å²) in [6.07, 6.45) is 12.7.